The van der Waals surface area contributed by atoms with Gasteiger partial charge in [-0.15, -0.1) is 0 Å². The molecule has 4 heterocycles. The number of aromatic nitrogens is 4. The maximum Gasteiger partial charge on any atom is 0.264 e. The summed E-state index contributed by atoms with van der Waals surface area (Å²) in [5.41, 5.74) is 7.35. The quantitative estimate of drug-likeness (QED) is 0.155. The Hall–Kier alpha value is -4.86. The first-order valence-corrected chi connectivity index (χ1v) is 16.5. The molecule has 6 rings (SSSR count). The predicted octanol–water partition coefficient (Wildman–Crippen LogP) is 5.90. The summed E-state index contributed by atoms with van der Waals surface area (Å²) in [6.45, 7) is 9.77. The minimum atomic E-state index is -0.534. The molecule has 2 fully saturated rings. The molecule has 0 spiro atoms. The lowest BCUT2D eigenvalue weighted by Gasteiger charge is -2.46. The number of benzene rings is 2. The molecule has 1 amide bonds. The van der Waals surface area contributed by atoms with Gasteiger partial charge in [-0.1, -0.05) is 31.2 Å². The normalized spacial score (nSPS) is 17.4. The van der Waals surface area contributed by atoms with E-state index in [1.807, 2.05) is 18.2 Å². The van der Waals surface area contributed by atoms with Gasteiger partial charge in [-0.2, -0.15) is 10.4 Å². The molecule has 12 heteroatoms. The van der Waals surface area contributed by atoms with Crippen LogP contribution in [0.25, 0.3) is 22.3 Å². The second-order valence-corrected chi connectivity index (χ2v) is 12.9. The molecule has 11 nitrogen and oxygen atoms in total. The Bertz CT molecular complexity index is 1850. The van der Waals surface area contributed by atoms with Gasteiger partial charge in [-0.3, -0.25) is 9.69 Å². The number of carbonyl (C=O) groups excluding carboxylic acids is 1. The summed E-state index contributed by atoms with van der Waals surface area (Å²) in [5.74, 6) is 0.282. The van der Waals surface area contributed by atoms with Crippen molar-refractivity contribution in [1.82, 2.24) is 29.5 Å². The number of rotatable bonds is 11. The van der Waals surface area contributed by atoms with E-state index in [2.05, 4.69) is 41.7 Å². The van der Waals surface area contributed by atoms with Crippen LogP contribution in [0.1, 0.15) is 52.5 Å². The Labute approximate surface area is 279 Å². The molecule has 4 aromatic rings. The first kappa shape index (κ1) is 33.1. The van der Waals surface area contributed by atoms with E-state index in [9.17, 15) is 10.1 Å². The third kappa shape index (κ3) is 6.74. The van der Waals surface area contributed by atoms with Crippen molar-refractivity contribution < 1.29 is 18.7 Å². The van der Waals surface area contributed by atoms with Crippen LogP contribution >= 0.6 is 0 Å². The Morgan fingerprint density at radius 3 is 2.69 bits per heavy atom. The average molecular weight is 653 g/mol. The third-order valence-corrected chi connectivity index (χ3v) is 9.36. The van der Waals surface area contributed by atoms with Crippen LogP contribution in [-0.4, -0.2) is 79.9 Å². The van der Waals surface area contributed by atoms with Gasteiger partial charge in [0.25, 0.3) is 5.91 Å². The smallest absolute Gasteiger partial charge is 0.264 e. The fourth-order valence-electron chi connectivity index (χ4n) is 6.80. The number of amides is 1. The first-order chi connectivity index (χ1) is 23.2. The van der Waals surface area contributed by atoms with E-state index in [1.165, 1.54) is 12.4 Å². The zero-order valence-electron chi connectivity index (χ0n) is 27.6. The second-order valence-electron chi connectivity index (χ2n) is 12.9. The number of carbonyl (C=O) groups is 1. The van der Waals surface area contributed by atoms with Gasteiger partial charge in [0.05, 0.1) is 30.7 Å². The Morgan fingerprint density at radius 1 is 1.21 bits per heavy atom. The minimum absolute atomic E-state index is 0.100. The molecule has 2 aromatic heterocycles. The molecule has 0 bridgehead atoms. The number of nitriles is 1. The van der Waals surface area contributed by atoms with Gasteiger partial charge in [0.15, 0.2) is 5.65 Å². The number of ether oxygens (including phenoxy) is 2. The summed E-state index contributed by atoms with van der Waals surface area (Å²) in [7, 11) is 0. The number of nitrogens with zero attached hydrogens (tertiary/aromatic N) is 7. The van der Waals surface area contributed by atoms with Crippen LogP contribution in [-0.2, 0) is 9.53 Å². The predicted molar refractivity (Wildman–Crippen MR) is 180 cm³/mol. The zero-order valence-corrected chi connectivity index (χ0v) is 27.6. The number of nitrogens with two attached hydrogens (primary N) is 1. The maximum atomic E-state index is 15.6. The van der Waals surface area contributed by atoms with E-state index < -0.39 is 5.82 Å². The third-order valence-electron chi connectivity index (χ3n) is 9.36. The fourth-order valence-corrected chi connectivity index (χ4v) is 6.80. The van der Waals surface area contributed by atoms with Crippen molar-refractivity contribution in [3.05, 3.63) is 72.3 Å². The molecular weight excluding hydrogens is 611 g/mol. The van der Waals surface area contributed by atoms with Crippen LogP contribution in [0.15, 0.2) is 66.5 Å². The van der Waals surface area contributed by atoms with E-state index in [4.69, 9.17) is 20.3 Å². The highest BCUT2D eigenvalue weighted by molar-refractivity contribution is 5.99. The number of anilines is 1. The lowest BCUT2D eigenvalue weighted by atomic mass is 9.92. The molecule has 2 N–H and O–H groups in total. The lowest BCUT2D eigenvalue weighted by molar-refractivity contribution is -0.128. The fraction of sp³-hybridized carbons (Fsp3) is 0.417. The van der Waals surface area contributed by atoms with E-state index in [0.717, 1.165) is 26.2 Å². The summed E-state index contributed by atoms with van der Waals surface area (Å²) < 4.78 is 28.6. The van der Waals surface area contributed by atoms with Crippen LogP contribution in [0, 0.1) is 17.1 Å². The number of hydrogen-bond donors (Lipinski definition) is 1. The number of hydrogen-bond acceptors (Lipinski definition) is 9. The van der Waals surface area contributed by atoms with Crippen molar-refractivity contribution in [2.24, 2.45) is 0 Å². The maximum absolute atomic E-state index is 15.6. The summed E-state index contributed by atoms with van der Waals surface area (Å²) in [4.78, 5) is 26.4. The first-order valence-electron chi connectivity index (χ1n) is 16.5. The average Bonchev–Trinajstić information content (AvgIpc) is 3.45. The van der Waals surface area contributed by atoms with Crippen molar-refractivity contribution in [2.45, 2.75) is 64.1 Å². The number of likely N-dealkylation sites (tertiary alicyclic amines) is 1. The Kier molecular flexibility index (Phi) is 9.71. The summed E-state index contributed by atoms with van der Waals surface area (Å²) in [6.07, 6.45) is 5.95. The van der Waals surface area contributed by atoms with Gasteiger partial charge in [0.2, 0.25) is 0 Å². The Morgan fingerprint density at radius 2 is 2.00 bits per heavy atom. The largest absolute Gasteiger partial charge is 0.457 e. The van der Waals surface area contributed by atoms with Gasteiger partial charge in [-0.05, 0) is 70.3 Å². The molecular formula is C36H41FN8O3. The van der Waals surface area contributed by atoms with Gasteiger partial charge < -0.3 is 20.1 Å². The van der Waals surface area contributed by atoms with Crippen LogP contribution in [0.4, 0.5) is 10.2 Å². The van der Waals surface area contributed by atoms with Gasteiger partial charge in [0.1, 0.15) is 46.8 Å². The highest BCUT2D eigenvalue weighted by Crippen LogP contribution is 2.36. The molecule has 2 aliphatic heterocycles. The van der Waals surface area contributed by atoms with E-state index in [-0.39, 0.29) is 34.4 Å². The number of likely N-dealkylation sites (N-methyl/N-ethyl adjacent to an activating group) is 1. The molecule has 1 atom stereocenters. The number of nitrogen functional groups attached to an aromatic ring is 1. The SMILES string of the molecule is CCN(C1COC1)C(C)(C)CC/C=C(\C#N)C(=O)N1CCC[C@@H](n2nc(-c3ccc(Oc4ccccc4)cc3F)c3c(N)ncnc32)C1. The molecule has 0 unspecified atom stereocenters. The lowest BCUT2D eigenvalue weighted by Crippen LogP contribution is -2.57. The van der Waals surface area contributed by atoms with Crippen LogP contribution in [0.5, 0.6) is 11.5 Å². The molecule has 2 aromatic carbocycles. The van der Waals surface area contributed by atoms with Crippen molar-refractivity contribution in [2.75, 3.05) is 38.6 Å². The Balaban J connectivity index is 1.21. The molecule has 48 heavy (non-hydrogen) atoms. The molecule has 0 saturated carbocycles. The minimum Gasteiger partial charge on any atom is -0.457 e. The van der Waals surface area contributed by atoms with Crippen molar-refractivity contribution >= 4 is 22.8 Å². The van der Waals surface area contributed by atoms with E-state index in [0.29, 0.717) is 66.6 Å². The highest BCUT2D eigenvalue weighted by atomic mass is 19.1. The summed E-state index contributed by atoms with van der Waals surface area (Å²) in [5, 5.41) is 15.2. The van der Waals surface area contributed by atoms with Crippen LogP contribution in [0.3, 0.4) is 0 Å². The van der Waals surface area contributed by atoms with Crippen molar-refractivity contribution in [3.8, 4) is 28.8 Å². The van der Waals surface area contributed by atoms with Gasteiger partial charge in [0, 0.05) is 30.3 Å². The zero-order chi connectivity index (χ0) is 33.8. The molecule has 0 aliphatic carbocycles. The number of halogens is 1. The number of fused-ring (bicyclic) bond motifs is 1. The number of allylic oxidation sites excluding steroid dienone is 1. The molecule has 0 radical (unpaired) electrons. The van der Waals surface area contributed by atoms with Gasteiger partial charge >= 0.3 is 0 Å². The number of para-hydroxylation sites is 1. The second kappa shape index (κ2) is 14.1. The highest BCUT2D eigenvalue weighted by Gasteiger charge is 2.35. The monoisotopic (exact) mass is 652 g/mol. The van der Waals surface area contributed by atoms with Crippen molar-refractivity contribution in [3.63, 3.8) is 0 Å². The van der Waals surface area contributed by atoms with Gasteiger partial charge in [-0.25, -0.2) is 19.0 Å². The number of piperidine rings is 1. The molecule has 250 valence electrons. The van der Waals surface area contributed by atoms with Crippen LogP contribution in [0.2, 0.25) is 0 Å². The van der Waals surface area contributed by atoms with E-state index in [1.54, 1.807) is 39.9 Å². The van der Waals surface area contributed by atoms with Crippen LogP contribution < -0.4 is 10.5 Å². The van der Waals surface area contributed by atoms with Crippen molar-refractivity contribution in [1.29, 1.82) is 5.26 Å². The standard InChI is InChI=1S/C36H41FN8O3/c1-4-44(26-21-47-22-26)36(2,3)16-8-10-24(19-38)35(46)43-17-9-11-25(20-43)45-34-31(33(39)40-23-41-34)32(42-45)29-15-14-28(18-30(29)37)48-27-12-6-5-7-13-27/h5-7,10,12-15,18,23,25-26H,4,8-9,11,16-17,20-22H2,1-3H3,(H2,39,40,41)/b24-10+/t25-/m1/s1. The summed E-state index contributed by atoms with van der Waals surface area (Å²) in [6, 6.07) is 16.0. The summed E-state index contributed by atoms with van der Waals surface area (Å²) >= 11 is 0. The molecule has 2 aliphatic rings. The topological polar surface area (TPSA) is 135 Å². The molecule has 2 saturated heterocycles. The van der Waals surface area contributed by atoms with E-state index >= 15 is 4.39 Å².